The van der Waals surface area contributed by atoms with E-state index in [0.29, 0.717) is 0 Å². The normalized spacial score (nSPS) is 20.0. The van der Waals surface area contributed by atoms with Crippen molar-refractivity contribution in [3.63, 3.8) is 0 Å². The van der Waals surface area contributed by atoms with Gasteiger partial charge in [0.15, 0.2) is 0 Å². The summed E-state index contributed by atoms with van der Waals surface area (Å²) in [6, 6.07) is -24.5. The molecule has 0 fully saturated rings. The lowest BCUT2D eigenvalue weighted by Crippen LogP contribution is -1.93. The Morgan fingerprint density at radius 2 is 1.00 bits per heavy atom. The average molecular weight is 639 g/mol. The molecule has 0 N–H and O–H groups in total. The number of fused-ring (bicyclic) bond motifs is 7. The second kappa shape index (κ2) is 10.7. The first-order valence-electron chi connectivity index (χ1n) is 28.4. The molecule has 48 heavy (non-hydrogen) atoms. The van der Waals surface area contributed by atoms with E-state index in [1.165, 1.54) is 0 Å². The third-order valence-electron chi connectivity index (χ3n) is 7.99. The molecule has 1 nitrogen and oxygen atoms in total. The monoisotopic (exact) mass is 638 g/mol. The van der Waals surface area contributed by atoms with Crippen molar-refractivity contribution in [1.82, 2.24) is 0 Å². The summed E-state index contributed by atoms with van der Waals surface area (Å²) in [6.45, 7) is 0. The Morgan fingerprint density at radius 3 is 1.75 bits per heavy atom. The number of furan rings is 1. The Hall–Kier alpha value is -6.18. The van der Waals surface area contributed by atoms with Crippen molar-refractivity contribution in [2.45, 2.75) is 6.42 Å². The van der Waals surface area contributed by atoms with E-state index in [1.54, 1.807) is 0 Å². The molecule has 0 bridgehead atoms. The molecule has 0 aliphatic rings. The van der Waals surface area contributed by atoms with Gasteiger partial charge in [-0.05, 0) is 101 Å². The maximum atomic E-state index is 9.82. The number of rotatable bonds is 4. The minimum absolute atomic E-state index is 0.418. The van der Waals surface area contributed by atoms with E-state index in [1.807, 2.05) is 0 Å². The summed E-state index contributed by atoms with van der Waals surface area (Å²) in [4.78, 5) is 0. The number of hydrogen-bond donors (Lipinski definition) is 0. The maximum absolute atomic E-state index is 9.82. The number of hydrogen-bond acceptors (Lipinski definition) is 1. The van der Waals surface area contributed by atoms with Gasteiger partial charge >= 0.3 is 0 Å². The Morgan fingerprint density at radius 1 is 0.417 bits per heavy atom. The van der Waals surface area contributed by atoms with Crippen molar-refractivity contribution in [2.24, 2.45) is 0 Å². The molecule has 1 aromatic heterocycles. The first-order valence-corrected chi connectivity index (χ1v) is 14.4. The lowest BCUT2D eigenvalue weighted by atomic mass is 9.84. The molecule has 0 aliphatic carbocycles. The summed E-state index contributed by atoms with van der Waals surface area (Å²) in [6.07, 6.45) is -0.876. The highest BCUT2D eigenvalue weighted by Gasteiger charge is 2.20. The van der Waals surface area contributed by atoms with E-state index in [0.717, 1.165) is 0 Å². The van der Waals surface area contributed by atoms with Gasteiger partial charge in [0.2, 0.25) is 0 Å². The van der Waals surface area contributed by atoms with Crippen LogP contribution in [0.3, 0.4) is 0 Å². The summed E-state index contributed by atoms with van der Waals surface area (Å²) < 4.78 is 258. The van der Waals surface area contributed by atoms with Crippen LogP contribution < -0.4 is 0 Å². The topological polar surface area (TPSA) is 13.1 Å². The molecule has 0 saturated heterocycles. The zero-order chi connectivity index (χ0) is 56.0. The second-order valence-corrected chi connectivity index (χ2v) is 10.6. The zero-order valence-corrected chi connectivity index (χ0v) is 24.1. The largest absolute Gasteiger partial charge is 0.456 e. The minimum Gasteiger partial charge on any atom is -0.456 e. The standard InChI is InChI=1S/C47H30O/c1-2-15-33-29-44-42(28-32(33)14-1)47-41(24-11-25-43(47)48-44)46-39-22-7-5-20-37(39)45(38-21-6-8-23-40(38)46)35-18-9-12-30(27-35)26-34-17-10-16-31-13-3-4-19-36(31)34/h1-25,27-29H,26H2/i1D,2D,3D,4D,5D,6D,7D,8D,9D,10D,11D,12D,13D,14D,15D,16D,17D,18D,19D,20D,21D,22D,23D,24D,25D,27D,28D,29D. The summed E-state index contributed by atoms with van der Waals surface area (Å²) in [5.74, 6) is 0. The molecular weight excluding hydrogens is 581 g/mol. The Labute approximate surface area is 317 Å². The summed E-state index contributed by atoms with van der Waals surface area (Å²) in [5.41, 5.74) is -5.12. The molecular formula is C47H30O. The Balaban J connectivity index is 1.47. The smallest absolute Gasteiger partial charge is 0.136 e. The van der Waals surface area contributed by atoms with Crippen molar-refractivity contribution in [2.75, 3.05) is 0 Å². The summed E-state index contributed by atoms with van der Waals surface area (Å²) in [7, 11) is 0. The van der Waals surface area contributed by atoms with Gasteiger partial charge in [-0.25, -0.2) is 0 Å². The fraction of sp³-hybridized carbons (Fsp3) is 0.0213. The predicted molar refractivity (Wildman–Crippen MR) is 204 cm³/mol. The molecule has 0 amide bonds. The van der Waals surface area contributed by atoms with E-state index in [-0.39, 0.29) is 0 Å². The van der Waals surface area contributed by atoms with Gasteiger partial charge in [0.25, 0.3) is 0 Å². The Bertz CT molecular complexity index is 4370. The molecule has 224 valence electrons. The molecule has 0 spiro atoms. The SMILES string of the molecule is [2H]c1c([2H])c(Cc2c([2H])c([2H])c([2H])c3c([2H])c([2H])c([2H])c([2H])c23)c([2H])c(-c2c3c([2H])c([2H])c([2H])c([2H])c3c(-c3c([2H])c([2H])c([2H])c4oc5c([2H])c6c([2H])c([2H])c([2H])c([2H])c6c([2H])c5c34)c3c([2H])c([2H])c([2H])c([2H])c23)c1[2H]. The van der Waals surface area contributed by atoms with Crippen LogP contribution in [0.5, 0.6) is 0 Å². The summed E-state index contributed by atoms with van der Waals surface area (Å²) >= 11 is 0. The molecule has 1 heteroatoms. The second-order valence-electron chi connectivity index (χ2n) is 10.6. The van der Waals surface area contributed by atoms with Crippen LogP contribution in [0.4, 0.5) is 0 Å². The van der Waals surface area contributed by atoms with Gasteiger partial charge in [0.1, 0.15) is 11.2 Å². The van der Waals surface area contributed by atoms with Crippen molar-refractivity contribution in [3.8, 4) is 22.3 Å². The van der Waals surface area contributed by atoms with Crippen LogP contribution >= 0.6 is 0 Å². The molecule has 0 atom stereocenters. The molecule has 10 aromatic rings. The third-order valence-corrected chi connectivity index (χ3v) is 7.99. The van der Waals surface area contributed by atoms with E-state index >= 15 is 0 Å². The van der Waals surface area contributed by atoms with Gasteiger partial charge in [-0.2, -0.15) is 0 Å². The average Bonchev–Trinajstić information content (AvgIpc) is 3.97. The van der Waals surface area contributed by atoms with Crippen LogP contribution in [0.1, 0.15) is 49.5 Å². The maximum Gasteiger partial charge on any atom is 0.136 e. The van der Waals surface area contributed by atoms with Crippen LogP contribution in [0.25, 0.3) is 87.3 Å². The van der Waals surface area contributed by atoms with Crippen molar-refractivity contribution < 1.29 is 42.8 Å². The number of benzene rings is 9. The minimum atomic E-state index is -1.01. The van der Waals surface area contributed by atoms with Crippen molar-refractivity contribution in [3.05, 3.63) is 180 Å². The van der Waals surface area contributed by atoms with Crippen LogP contribution in [-0.2, 0) is 6.42 Å². The van der Waals surface area contributed by atoms with Gasteiger partial charge in [0, 0.05) is 10.8 Å². The lowest BCUT2D eigenvalue weighted by Gasteiger charge is -2.18. The van der Waals surface area contributed by atoms with Gasteiger partial charge in [-0.1, -0.05) is 151 Å². The fourth-order valence-electron chi connectivity index (χ4n) is 6.00. The van der Waals surface area contributed by atoms with E-state index in [9.17, 15) is 12.3 Å². The van der Waals surface area contributed by atoms with Gasteiger partial charge in [-0.15, -0.1) is 0 Å². The molecule has 0 saturated carbocycles. The van der Waals surface area contributed by atoms with E-state index in [4.69, 9.17) is 30.5 Å². The van der Waals surface area contributed by atoms with Crippen LogP contribution in [0, 0.1) is 0 Å². The molecule has 10 rings (SSSR count). The zero-order valence-electron chi connectivity index (χ0n) is 52.1. The van der Waals surface area contributed by atoms with Crippen LogP contribution in [-0.4, -0.2) is 0 Å². The van der Waals surface area contributed by atoms with Gasteiger partial charge < -0.3 is 4.42 Å². The van der Waals surface area contributed by atoms with Crippen LogP contribution in [0.15, 0.2) is 174 Å². The van der Waals surface area contributed by atoms with E-state index < -0.39 is 274 Å². The molecule has 0 radical (unpaired) electrons. The van der Waals surface area contributed by atoms with Crippen molar-refractivity contribution in [1.29, 1.82) is 0 Å². The molecule has 0 aliphatic heterocycles. The predicted octanol–water partition coefficient (Wildman–Crippen LogP) is 13.1. The van der Waals surface area contributed by atoms with Crippen LogP contribution in [0.2, 0.25) is 0 Å². The van der Waals surface area contributed by atoms with Crippen molar-refractivity contribution >= 4 is 65.0 Å². The van der Waals surface area contributed by atoms with E-state index in [2.05, 4.69) is 0 Å². The fourth-order valence-corrected chi connectivity index (χ4v) is 6.00. The highest BCUT2D eigenvalue weighted by atomic mass is 16.3. The molecule has 0 unspecified atom stereocenters. The third kappa shape index (κ3) is 4.18. The highest BCUT2D eigenvalue weighted by Crippen LogP contribution is 2.47. The highest BCUT2D eigenvalue weighted by molar-refractivity contribution is 6.26. The van der Waals surface area contributed by atoms with Gasteiger partial charge in [0.05, 0.1) is 38.4 Å². The Kier molecular flexibility index (Phi) is 2.50. The molecule has 9 aromatic carbocycles. The van der Waals surface area contributed by atoms with Gasteiger partial charge in [-0.3, -0.25) is 0 Å². The first-order chi connectivity index (χ1) is 35.5. The quantitative estimate of drug-likeness (QED) is 0.175. The lowest BCUT2D eigenvalue weighted by molar-refractivity contribution is 0.669. The summed E-state index contributed by atoms with van der Waals surface area (Å²) in [5, 5.41) is -5.86. The molecule has 1 heterocycles. The first kappa shape index (κ1) is 11.2.